The molecule has 2 atom stereocenters. The number of benzene rings is 2. The Morgan fingerprint density at radius 3 is 2.85 bits per heavy atom. The first kappa shape index (κ1) is 26.0. The number of piperidine rings is 1. The van der Waals surface area contributed by atoms with Gasteiger partial charge in [-0.15, -0.1) is 0 Å². The van der Waals surface area contributed by atoms with E-state index in [1.54, 1.807) is 18.2 Å². The van der Waals surface area contributed by atoms with Gasteiger partial charge in [0.1, 0.15) is 17.9 Å². The van der Waals surface area contributed by atoms with Crippen molar-refractivity contribution < 1.29 is 28.5 Å². The molecule has 3 aliphatic rings. The fourth-order valence-corrected chi connectivity index (χ4v) is 6.38. The summed E-state index contributed by atoms with van der Waals surface area (Å²) in [6, 6.07) is 8.88. The summed E-state index contributed by atoms with van der Waals surface area (Å²) in [6.07, 6.45) is 5.13. The average molecular weight is 554 g/mol. The normalized spacial score (nSPS) is 22.1. The standard InChI is InChI=1S/C30H32ClNO7/c1-18-22-6-5-21(36-16-19-12-26-27(14-24(19)31)38-17-37-26)13-25(22)39-29(34)23(18)7-8-28(33)32-11-10-30(35)9-3-2-4-20(30)15-32/h5-6,12-14,20,35H,2-4,7-11,15-17H2,1H3/t20-,30+/m1/s1. The van der Waals surface area contributed by atoms with Crippen LogP contribution in [-0.2, 0) is 17.8 Å². The molecule has 2 fully saturated rings. The second-order valence-corrected chi connectivity index (χ2v) is 11.3. The molecule has 8 nitrogen and oxygen atoms in total. The first-order chi connectivity index (χ1) is 18.8. The van der Waals surface area contributed by atoms with Gasteiger partial charge in [-0.1, -0.05) is 24.4 Å². The number of carbonyl (C=O) groups excluding carboxylic acids is 1. The Kier molecular flexibility index (Phi) is 6.93. The van der Waals surface area contributed by atoms with Gasteiger partial charge in [0.25, 0.3) is 0 Å². The molecule has 0 spiro atoms. The fraction of sp³-hybridized carbons (Fsp3) is 0.467. The number of aryl methyl sites for hydroxylation is 1. The number of rotatable bonds is 6. The Balaban J connectivity index is 1.12. The molecule has 206 valence electrons. The molecule has 39 heavy (non-hydrogen) atoms. The summed E-state index contributed by atoms with van der Waals surface area (Å²) in [5, 5.41) is 12.2. The molecular formula is C30H32ClNO7. The predicted molar refractivity (Wildman–Crippen MR) is 146 cm³/mol. The minimum Gasteiger partial charge on any atom is -0.489 e. The fourth-order valence-electron chi connectivity index (χ4n) is 6.17. The molecule has 1 aromatic heterocycles. The number of nitrogens with zero attached hydrogens (tertiary/aromatic N) is 1. The molecule has 3 aromatic rings. The highest BCUT2D eigenvalue weighted by molar-refractivity contribution is 6.31. The van der Waals surface area contributed by atoms with Crippen molar-refractivity contribution in [3.05, 3.63) is 62.5 Å². The molecule has 2 aliphatic heterocycles. The van der Waals surface area contributed by atoms with E-state index in [1.807, 2.05) is 24.0 Å². The summed E-state index contributed by atoms with van der Waals surface area (Å²) in [5.41, 5.74) is 1.44. The molecule has 9 heteroatoms. The Morgan fingerprint density at radius 1 is 1.18 bits per heavy atom. The maximum absolute atomic E-state index is 13.0. The Labute approximate surface area is 231 Å². The zero-order valence-electron chi connectivity index (χ0n) is 22.0. The molecule has 1 N–H and O–H groups in total. The van der Waals surface area contributed by atoms with Gasteiger partial charge in [-0.25, -0.2) is 4.79 Å². The lowest BCUT2D eigenvalue weighted by Gasteiger charge is -2.47. The van der Waals surface area contributed by atoms with Crippen molar-refractivity contribution in [2.24, 2.45) is 5.92 Å². The van der Waals surface area contributed by atoms with Gasteiger partial charge in [-0.3, -0.25) is 4.79 Å². The lowest BCUT2D eigenvalue weighted by Crippen LogP contribution is -2.54. The molecule has 1 saturated carbocycles. The van der Waals surface area contributed by atoms with E-state index >= 15 is 0 Å². The first-order valence-electron chi connectivity index (χ1n) is 13.6. The largest absolute Gasteiger partial charge is 0.489 e. The smallest absolute Gasteiger partial charge is 0.339 e. The lowest BCUT2D eigenvalue weighted by molar-refractivity contribution is -0.143. The van der Waals surface area contributed by atoms with E-state index in [1.165, 1.54) is 0 Å². The van der Waals surface area contributed by atoms with Crippen LogP contribution in [0.2, 0.25) is 5.02 Å². The second-order valence-electron chi connectivity index (χ2n) is 10.9. The molecule has 1 saturated heterocycles. The van der Waals surface area contributed by atoms with Gasteiger partial charge in [-0.05, 0) is 56.4 Å². The van der Waals surface area contributed by atoms with Crippen LogP contribution in [0.4, 0.5) is 0 Å². The third-order valence-electron chi connectivity index (χ3n) is 8.56. The van der Waals surface area contributed by atoms with Crippen molar-refractivity contribution in [1.82, 2.24) is 4.90 Å². The number of carbonyl (C=O) groups is 1. The van der Waals surface area contributed by atoms with Gasteiger partial charge in [0.15, 0.2) is 11.5 Å². The monoisotopic (exact) mass is 553 g/mol. The number of ether oxygens (including phenoxy) is 3. The van der Waals surface area contributed by atoms with Crippen LogP contribution >= 0.6 is 11.6 Å². The van der Waals surface area contributed by atoms with Crippen molar-refractivity contribution in [2.45, 2.75) is 64.1 Å². The van der Waals surface area contributed by atoms with Crippen LogP contribution in [0.15, 0.2) is 39.5 Å². The quantitative estimate of drug-likeness (QED) is 0.422. The summed E-state index contributed by atoms with van der Waals surface area (Å²) in [4.78, 5) is 27.8. The van der Waals surface area contributed by atoms with E-state index in [0.29, 0.717) is 59.3 Å². The van der Waals surface area contributed by atoms with E-state index in [9.17, 15) is 14.7 Å². The van der Waals surface area contributed by atoms with E-state index in [-0.39, 0.29) is 31.6 Å². The maximum atomic E-state index is 13.0. The molecular weight excluding hydrogens is 522 g/mol. The molecule has 0 unspecified atom stereocenters. The highest BCUT2D eigenvalue weighted by Gasteiger charge is 2.43. The minimum atomic E-state index is -0.621. The van der Waals surface area contributed by atoms with Crippen LogP contribution < -0.4 is 19.8 Å². The van der Waals surface area contributed by atoms with Gasteiger partial charge >= 0.3 is 5.63 Å². The van der Waals surface area contributed by atoms with Crippen LogP contribution in [-0.4, -0.2) is 41.4 Å². The number of halogens is 1. The molecule has 2 aromatic carbocycles. The van der Waals surface area contributed by atoms with Gasteiger partial charge in [0.2, 0.25) is 12.7 Å². The number of likely N-dealkylation sites (tertiary alicyclic amines) is 1. The zero-order chi connectivity index (χ0) is 27.1. The predicted octanol–water partition coefficient (Wildman–Crippen LogP) is 5.15. The second kappa shape index (κ2) is 10.4. The van der Waals surface area contributed by atoms with Crippen LogP contribution in [0.5, 0.6) is 17.2 Å². The van der Waals surface area contributed by atoms with Crippen LogP contribution in [0.3, 0.4) is 0 Å². The number of hydrogen-bond donors (Lipinski definition) is 1. The summed E-state index contributed by atoms with van der Waals surface area (Å²) >= 11 is 6.35. The number of hydrogen-bond acceptors (Lipinski definition) is 7. The minimum absolute atomic E-state index is 0.0208. The number of fused-ring (bicyclic) bond motifs is 3. The highest BCUT2D eigenvalue weighted by Crippen LogP contribution is 2.40. The van der Waals surface area contributed by atoms with Crippen LogP contribution in [0, 0.1) is 12.8 Å². The van der Waals surface area contributed by atoms with Gasteiger partial charge in [0, 0.05) is 54.1 Å². The van der Waals surface area contributed by atoms with Gasteiger partial charge in [-0.2, -0.15) is 0 Å². The average Bonchev–Trinajstić information content (AvgIpc) is 3.37. The molecule has 6 rings (SSSR count). The Morgan fingerprint density at radius 2 is 2.00 bits per heavy atom. The van der Waals surface area contributed by atoms with Crippen LogP contribution in [0.1, 0.15) is 55.2 Å². The van der Waals surface area contributed by atoms with Crippen molar-refractivity contribution in [3.63, 3.8) is 0 Å². The van der Waals surface area contributed by atoms with E-state index in [4.69, 9.17) is 30.2 Å². The SMILES string of the molecule is Cc1c(CCC(=O)N2CC[C@@]3(O)CCCC[C@@H]3C2)c(=O)oc2cc(OCc3cc4c(cc3Cl)OCO4)ccc12. The summed E-state index contributed by atoms with van der Waals surface area (Å²) in [7, 11) is 0. The summed E-state index contributed by atoms with van der Waals surface area (Å²) in [6.45, 7) is 3.42. The highest BCUT2D eigenvalue weighted by atomic mass is 35.5. The van der Waals surface area contributed by atoms with E-state index in [2.05, 4.69) is 0 Å². The molecule has 0 bridgehead atoms. The lowest BCUT2D eigenvalue weighted by atomic mass is 9.71. The van der Waals surface area contributed by atoms with E-state index < -0.39 is 11.2 Å². The third-order valence-corrected chi connectivity index (χ3v) is 8.92. The topological polar surface area (TPSA) is 98.4 Å². The van der Waals surface area contributed by atoms with Gasteiger partial charge in [0.05, 0.1) is 10.6 Å². The number of amides is 1. The number of aliphatic hydroxyl groups is 1. The first-order valence-corrected chi connectivity index (χ1v) is 14.0. The van der Waals surface area contributed by atoms with E-state index in [0.717, 1.165) is 42.2 Å². The molecule has 3 heterocycles. The van der Waals surface area contributed by atoms with Crippen molar-refractivity contribution in [1.29, 1.82) is 0 Å². The van der Waals surface area contributed by atoms with Gasteiger partial charge < -0.3 is 28.6 Å². The maximum Gasteiger partial charge on any atom is 0.339 e. The summed E-state index contributed by atoms with van der Waals surface area (Å²) in [5.74, 6) is 1.94. The molecule has 1 amide bonds. The van der Waals surface area contributed by atoms with Crippen LogP contribution in [0.25, 0.3) is 11.0 Å². The van der Waals surface area contributed by atoms with Crippen molar-refractivity contribution in [2.75, 3.05) is 19.9 Å². The third kappa shape index (κ3) is 5.08. The molecule has 1 aliphatic carbocycles. The Hall–Kier alpha value is -3.23. The van der Waals surface area contributed by atoms with Crippen molar-refractivity contribution in [3.8, 4) is 17.2 Å². The zero-order valence-corrected chi connectivity index (χ0v) is 22.7. The molecule has 0 radical (unpaired) electrons. The summed E-state index contributed by atoms with van der Waals surface area (Å²) < 4.78 is 22.3. The Bertz CT molecular complexity index is 1480. The van der Waals surface area contributed by atoms with Crippen molar-refractivity contribution >= 4 is 28.5 Å².